The van der Waals surface area contributed by atoms with Gasteiger partial charge < -0.3 is 20.3 Å². The lowest BCUT2D eigenvalue weighted by Gasteiger charge is -2.34. The highest BCUT2D eigenvalue weighted by atomic mass is 16.6. The molecule has 1 aliphatic heterocycles. The minimum atomic E-state index is -0.441. The largest absolute Gasteiger partial charge is 0.444 e. The Balaban J connectivity index is 2.17. The molecule has 0 bridgehead atoms. The first kappa shape index (κ1) is 20.2. The van der Waals surface area contributed by atoms with Gasteiger partial charge in [-0.1, -0.05) is 6.92 Å². The summed E-state index contributed by atoms with van der Waals surface area (Å²) in [5.74, 6) is 0.770. The second-order valence-electron chi connectivity index (χ2n) is 7.85. The van der Waals surface area contributed by atoms with Crippen molar-refractivity contribution in [2.45, 2.75) is 78.5 Å². The molecule has 5 heteroatoms. The molecule has 1 aliphatic rings. The van der Waals surface area contributed by atoms with Gasteiger partial charge in [-0.05, 0) is 86.0 Å². The van der Waals surface area contributed by atoms with E-state index in [2.05, 4.69) is 29.4 Å². The Labute approximate surface area is 142 Å². The molecule has 2 unspecified atom stereocenters. The number of amides is 1. The lowest BCUT2D eigenvalue weighted by atomic mass is 9.90. The second kappa shape index (κ2) is 9.48. The zero-order chi connectivity index (χ0) is 17.5. The Kier molecular flexibility index (Phi) is 8.34. The molecule has 0 aliphatic carbocycles. The van der Waals surface area contributed by atoms with Crippen molar-refractivity contribution in [3.8, 4) is 0 Å². The lowest BCUT2D eigenvalue weighted by molar-refractivity contribution is 0.0506. The summed E-state index contributed by atoms with van der Waals surface area (Å²) in [5.41, 5.74) is -0.441. The van der Waals surface area contributed by atoms with Crippen LogP contribution in [0, 0.1) is 5.92 Å². The molecule has 1 saturated heterocycles. The number of likely N-dealkylation sites (tertiary alicyclic amines) is 1. The lowest BCUT2D eigenvalue weighted by Crippen LogP contribution is -2.43. The average molecular weight is 328 g/mol. The molecule has 0 spiro atoms. The summed E-state index contributed by atoms with van der Waals surface area (Å²) >= 11 is 0. The number of rotatable bonds is 7. The van der Waals surface area contributed by atoms with Crippen LogP contribution in [0.1, 0.15) is 60.8 Å². The van der Waals surface area contributed by atoms with Gasteiger partial charge in [0.15, 0.2) is 0 Å². The molecule has 0 aromatic carbocycles. The number of hydrogen-bond acceptors (Lipinski definition) is 4. The van der Waals surface area contributed by atoms with E-state index in [4.69, 9.17) is 4.74 Å². The van der Waals surface area contributed by atoms with E-state index < -0.39 is 5.60 Å². The molecule has 136 valence electrons. The topological polar surface area (TPSA) is 53.6 Å². The van der Waals surface area contributed by atoms with Crippen LogP contribution in [0.5, 0.6) is 0 Å². The van der Waals surface area contributed by atoms with Crippen LogP contribution in [-0.4, -0.2) is 54.9 Å². The molecule has 0 radical (unpaired) electrons. The Hall–Kier alpha value is -0.810. The maximum absolute atomic E-state index is 11.7. The number of hydrogen-bond donors (Lipinski definition) is 2. The van der Waals surface area contributed by atoms with E-state index in [-0.39, 0.29) is 12.1 Å². The summed E-state index contributed by atoms with van der Waals surface area (Å²) in [7, 11) is 0. The number of nitrogens with one attached hydrogen (secondary N) is 2. The van der Waals surface area contributed by atoms with Crippen molar-refractivity contribution in [1.29, 1.82) is 0 Å². The highest BCUT2D eigenvalue weighted by molar-refractivity contribution is 5.67. The van der Waals surface area contributed by atoms with Gasteiger partial charge in [0.25, 0.3) is 0 Å². The number of piperidine rings is 1. The van der Waals surface area contributed by atoms with Crippen molar-refractivity contribution in [3.05, 3.63) is 0 Å². The third kappa shape index (κ3) is 8.56. The van der Waals surface area contributed by atoms with E-state index in [0.29, 0.717) is 6.04 Å². The average Bonchev–Trinajstić information content (AvgIpc) is 2.45. The molecular weight excluding hydrogens is 290 g/mol. The van der Waals surface area contributed by atoms with Crippen molar-refractivity contribution in [2.75, 3.05) is 26.2 Å². The molecule has 2 N–H and O–H groups in total. The molecule has 23 heavy (non-hydrogen) atoms. The number of ether oxygens (including phenoxy) is 1. The smallest absolute Gasteiger partial charge is 0.407 e. The quantitative estimate of drug-likeness (QED) is 0.755. The van der Waals surface area contributed by atoms with Gasteiger partial charge >= 0.3 is 6.09 Å². The molecule has 5 nitrogen and oxygen atoms in total. The fourth-order valence-corrected chi connectivity index (χ4v) is 3.04. The predicted octanol–water partition coefficient (Wildman–Crippen LogP) is 3.00. The number of carbonyl (C=O) groups excluding carboxylic acids is 1. The minimum absolute atomic E-state index is 0.117. The SMILES string of the molecule is CCN1CCC(C(C)NCCC(C)NC(=O)OC(C)(C)C)CC1. The van der Waals surface area contributed by atoms with Crippen LogP contribution in [0.25, 0.3) is 0 Å². The normalized spacial score (nSPS) is 20.1. The zero-order valence-corrected chi connectivity index (χ0v) is 15.9. The molecule has 1 rings (SSSR count). The third-order valence-corrected chi connectivity index (χ3v) is 4.59. The summed E-state index contributed by atoms with van der Waals surface area (Å²) < 4.78 is 5.28. The van der Waals surface area contributed by atoms with Crippen molar-refractivity contribution < 1.29 is 9.53 Å². The Morgan fingerprint density at radius 3 is 2.39 bits per heavy atom. The van der Waals surface area contributed by atoms with E-state index in [1.165, 1.54) is 32.5 Å². The first-order chi connectivity index (χ1) is 10.7. The van der Waals surface area contributed by atoms with Crippen LogP contribution < -0.4 is 10.6 Å². The maximum Gasteiger partial charge on any atom is 0.407 e. The Morgan fingerprint density at radius 1 is 1.26 bits per heavy atom. The highest BCUT2D eigenvalue weighted by Gasteiger charge is 2.23. The Bertz CT molecular complexity index is 347. The standard InChI is InChI=1S/C18H37N3O2/c1-7-21-12-9-16(10-13-21)15(3)19-11-8-14(2)20-17(22)23-18(4,5)6/h14-16,19H,7-13H2,1-6H3,(H,20,22). The summed E-state index contributed by atoms with van der Waals surface area (Å²) in [6.45, 7) is 16.7. The van der Waals surface area contributed by atoms with Gasteiger partial charge in [0.1, 0.15) is 5.60 Å². The first-order valence-corrected chi connectivity index (χ1v) is 9.16. The fraction of sp³-hybridized carbons (Fsp3) is 0.944. The molecule has 0 aromatic rings. The van der Waals surface area contributed by atoms with E-state index >= 15 is 0 Å². The van der Waals surface area contributed by atoms with Gasteiger partial charge in [-0.25, -0.2) is 4.79 Å². The number of carbonyl (C=O) groups is 1. The summed E-state index contributed by atoms with van der Waals surface area (Å²) in [6.07, 6.45) is 3.16. The molecule has 0 saturated carbocycles. The molecule has 2 atom stereocenters. The van der Waals surface area contributed by atoms with Crippen LogP contribution in [0.15, 0.2) is 0 Å². The minimum Gasteiger partial charge on any atom is -0.444 e. The van der Waals surface area contributed by atoms with Crippen molar-refractivity contribution >= 4 is 6.09 Å². The number of nitrogens with zero attached hydrogens (tertiary/aromatic N) is 1. The van der Waals surface area contributed by atoms with Crippen molar-refractivity contribution in [1.82, 2.24) is 15.5 Å². The van der Waals surface area contributed by atoms with E-state index in [0.717, 1.165) is 18.9 Å². The molecule has 0 aromatic heterocycles. The van der Waals surface area contributed by atoms with Crippen molar-refractivity contribution in [2.24, 2.45) is 5.92 Å². The number of alkyl carbamates (subject to hydrolysis) is 1. The van der Waals surface area contributed by atoms with E-state index in [1.807, 2.05) is 27.7 Å². The van der Waals surface area contributed by atoms with Crippen LogP contribution in [0.2, 0.25) is 0 Å². The third-order valence-electron chi connectivity index (χ3n) is 4.59. The van der Waals surface area contributed by atoms with Gasteiger partial charge in [-0.2, -0.15) is 0 Å². The van der Waals surface area contributed by atoms with Crippen molar-refractivity contribution in [3.63, 3.8) is 0 Å². The van der Waals surface area contributed by atoms with Gasteiger partial charge in [0.05, 0.1) is 0 Å². The van der Waals surface area contributed by atoms with Crippen LogP contribution >= 0.6 is 0 Å². The fourth-order valence-electron chi connectivity index (χ4n) is 3.04. The maximum atomic E-state index is 11.7. The molecular formula is C18H37N3O2. The van der Waals surface area contributed by atoms with Gasteiger partial charge in [0.2, 0.25) is 0 Å². The van der Waals surface area contributed by atoms with E-state index in [1.54, 1.807) is 0 Å². The first-order valence-electron chi connectivity index (χ1n) is 9.16. The zero-order valence-electron chi connectivity index (χ0n) is 15.9. The van der Waals surface area contributed by atoms with Gasteiger partial charge in [0, 0.05) is 12.1 Å². The van der Waals surface area contributed by atoms with Gasteiger partial charge in [-0.3, -0.25) is 0 Å². The molecule has 1 heterocycles. The second-order valence-corrected chi connectivity index (χ2v) is 7.85. The summed E-state index contributed by atoms with van der Waals surface area (Å²) in [4.78, 5) is 14.2. The molecule has 1 amide bonds. The van der Waals surface area contributed by atoms with Crippen LogP contribution in [0.3, 0.4) is 0 Å². The summed E-state index contributed by atoms with van der Waals surface area (Å²) in [6, 6.07) is 0.661. The highest BCUT2D eigenvalue weighted by Crippen LogP contribution is 2.20. The van der Waals surface area contributed by atoms with Crippen LogP contribution in [0.4, 0.5) is 4.79 Å². The molecule has 1 fully saturated rings. The van der Waals surface area contributed by atoms with Crippen LogP contribution in [-0.2, 0) is 4.74 Å². The predicted molar refractivity (Wildman–Crippen MR) is 95.8 cm³/mol. The monoisotopic (exact) mass is 327 g/mol. The summed E-state index contributed by atoms with van der Waals surface area (Å²) in [5, 5.41) is 6.52. The van der Waals surface area contributed by atoms with Gasteiger partial charge in [-0.15, -0.1) is 0 Å². The Morgan fingerprint density at radius 2 is 1.87 bits per heavy atom. The van der Waals surface area contributed by atoms with E-state index in [9.17, 15) is 4.79 Å².